The summed E-state index contributed by atoms with van der Waals surface area (Å²) in [5.74, 6) is -0.399. The third-order valence-corrected chi connectivity index (χ3v) is 4.40. The average molecular weight is 389 g/mol. The average Bonchev–Trinajstić information content (AvgIpc) is 2.49. The van der Waals surface area contributed by atoms with E-state index in [0.29, 0.717) is 27.8 Å². The molecule has 0 fully saturated rings. The van der Waals surface area contributed by atoms with Crippen molar-refractivity contribution < 1.29 is 9.53 Å². The second kappa shape index (κ2) is 7.16. The number of halogens is 3. The standard InChI is InChI=1S/C15H12BrCl2NO2/c1-21-15(20)10-3-5-13(18)14(7-10)19-8-9-2-4-12(17)11(16)6-9/h2-7,19H,8H2,1H3. The van der Waals surface area contributed by atoms with Crippen molar-refractivity contribution in [2.75, 3.05) is 12.4 Å². The molecular formula is C15H12BrCl2NO2. The fourth-order valence-corrected chi connectivity index (χ4v) is 2.48. The maximum atomic E-state index is 11.5. The van der Waals surface area contributed by atoms with Gasteiger partial charge in [-0.25, -0.2) is 4.79 Å². The minimum Gasteiger partial charge on any atom is -0.465 e. The maximum Gasteiger partial charge on any atom is 0.337 e. The zero-order valence-corrected chi connectivity index (χ0v) is 14.2. The van der Waals surface area contributed by atoms with Gasteiger partial charge in [0.1, 0.15) is 0 Å². The van der Waals surface area contributed by atoms with Crippen LogP contribution in [0.4, 0.5) is 5.69 Å². The van der Waals surface area contributed by atoms with Crippen LogP contribution >= 0.6 is 39.1 Å². The highest BCUT2D eigenvalue weighted by atomic mass is 79.9. The van der Waals surface area contributed by atoms with Crippen LogP contribution in [0.3, 0.4) is 0 Å². The van der Waals surface area contributed by atoms with E-state index in [1.54, 1.807) is 18.2 Å². The number of benzene rings is 2. The van der Waals surface area contributed by atoms with Crippen molar-refractivity contribution in [3.8, 4) is 0 Å². The fourth-order valence-electron chi connectivity index (χ4n) is 1.75. The molecule has 0 bridgehead atoms. The SMILES string of the molecule is COC(=O)c1ccc(Cl)c(NCc2ccc(Cl)c(Br)c2)c1. The topological polar surface area (TPSA) is 38.3 Å². The molecule has 0 radical (unpaired) electrons. The Morgan fingerprint density at radius 1 is 1.19 bits per heavy atom. The Hall–Kier alpha value is -1.23. The summed E-state index contributed by atoms with van der Waals surface area (Å²) in [5.41, 5.74) is 2.15. The van der Waals surface area contributed by atoms with Crippen LogP contribution in [0.25, 0.3) is 0 Å². The molecule has 2 rings (SSSR count). The van der Waals surface area contributed by atoms with Gasteiger partial charge in [-0.3, -0.25) is 0 Å². The number of carbonyl (C=O) groups excluding carboxylic acids is 1. The number of methoxy groups -OCH3 is 1. The van der Waals surface area contributed by atoms with Gasteiger partial charge in [0.05, 0.1) is 28.4 Å². The van der Waals surface area contributed by atoms with E-state index in [1.165, 1.54) is 7.11 Å². The van der Waals surface area contributed by atoms with E-state index in [-0.39, 0.29) is 0 Å². The molecule has 0 aliphatic rings. The lowest BCUT2D eigenvalue weighted by Crippen LogP contribution is -2.04. The molecule has 0 aromatic heterocycles. The number of nitrogens with one attached hydrogen (secondary N) is 1. The molecule has 0 heterocycles. The lowest BCUT2D eigenvalue weighted by atomic mass is 10.2. The van der Waals surface area contributed by atoms with Gasteiger partial charge in [0.25, 0.3) is 0 Å². The van der Waals surface area contributed by atoms with E-state index < -0.39 is 5.97 Å². The quantitative estimate of drug-likeness (QED) is 0.735. The largest absolute Gasteiger partial charge is 0.465 e. The summed E-state index contributed by atoms with van der Waals surface area (Å²) < 4.78 is 5.52. The van der Waals surface area contributed by atoms with E-state index in [0.717, 1.165) is 10.0 Å². The van der Waals surface area contributed by atoms with Crippen molar-refractivity contribution in [1.29, 1.82) is 0 Å². The Morgan fingerprint density at radius 3 is 2.57 bits per heavy atom. The zero-order chi connectivity index (χ0) is 15.4. The molecule has 0 aliphatic carbocycles. The smallest absolute Gasteiger partial charge is 0.337 e. The highest BCUT2D eigenvalue weighted by Crippen LogP contribution is 2.26. The van der Waals surface area contributed by atoms with Crippen LogP contribution in [-0.4, -0.2) is 13.1 Å². The third kappa shape index (κ3) is 4.13. The lowest BCUT2D eigenvalue weighted by molar-refractivity contribution is 0.0601. The number of ether oxygens (including phenoxy) is 1. The Morgan fingerprint density at radius 2 is 1.90 bits per heavy atom. The Bertz CT molecular complexity index is 677. The fraction of sp³-hybridized carbons (Fsp3) is 0.133. The van der Waals surface area contributed by atoms with Crippen molar-refractivity contribution in [3.05, 3.63) is 62.0 Å². The molecule has 0 atom stereocenters. The summed E-state index contributed by atoms with van der Waals surface area (Å²) in [5, 5.41) is 4.39. The van der Waals surface area contributed by atoms with Gasteiger partial charge < -0.3 is 10.1 Å². The van der Waals surface area contributed by atoms with Gasteiger partial charge in [-0.2, -0.15) is 0 Å². The van der Waals surface area contributed by atoms with Crippen molar-refractivity contribution in [3.63, 3.8) is 0 Å². The van der Waals surface area contributed by atoms with E-state index >= 15 is 0 Å². The molecule has 0 aliphatic heterocycles. The molecule has 0 saturated heterocycles. The van der Waals surface area contributed by atoms with Crippen molar-refractivity contribution in [1.82, 2.24) is 0 Å². The van der Waals surface area contributed by atoms with Gasteiger partial charge in [0.2, 0.25) is 0 Å². The molecule has 6 heteroatoms. The Labute approximate surface area is 141 Å². The van der Waals surface area contributed by atoms with E-state index in [1.807, 2.05) is 18.2 Å². The minimum atomic E-state index is -0.399. The van der Waals surface area contributed by atoms with Crippen LogP contribution in [0, 0.1) is 0 Å². The van der Waals surface area contributed by atoms with E-state index in [4.69, 9.17) is 27.9 Å². The number of esters is 1. The maximum absolute atomic E-state index is 11.5. The second-order valence-corrected chi connectivity index (χ2v) is 5.96. The molecular weight excluding hydrogens is 377 g/mol. The summed E-state index contributed by atoms with van der Waals surface area (Å²) >= 11 is 15.5. The molecule has 1 N–H and O–H groups in total. The van der Waals surface area contributed by atoms with Crippen LogP contribution in [0.15, 0.2) is 40.9 Å². The number of hydrogen-bond donors (Lipinski definition) is 1. The summed E-state index contributed by atoms with van der Waals surface area (Å²) in [6.45, 7) is 0.556. The molecule has 110 valence electrons. The predicted octanol–water partition coefficient (Wildman–Crippen LogP) is 5.15. The first-order chi connectivity index (χ1) is 10.0. The van der Waals surface area contributed by atoms with Crippen LogP contribution in [0.5, 0.6) is 0 Å². The van der Waals surface area contributed by atoms with Crippen LogP contribution in [0.1, 0.15) is 15.9 Å². The molecule has 21 heavy (non-hydrogen) atoms. The number of carbonyl (C=O) groups is 1. The highest BCUT2D eigenvalue weighted by Gasteiger charge is 2.09. The lowest BCUT2D eigenvalue weighted by Gasteiger charge is -2.10. The van der Waals surface area contributed by atoms with E-state index in [2.05, 4.69) is 21.2 Å². The van der Waals surface area contributed by atoms with E-state index in [9.17, 15) is 4.79 Å². The zero-order valence-electron chi connectivity index (χ0n) is 11.1. The van der Waals surface area contributed by atoms with Crippen LogP contribution in [0.2, 0.25) is 10.0 Å². The predicted molar refractivity (Wildman–Crippen MR) is 89.3 cm³/mol. The van der Waals surface area contributed by atoms with Crippen molar-refractivity contribution in [2.24, 2.45) is 0 Å². The summed E-state index contributed by atoms with van der Waals surface area (Å²) in [4.78, 5) is 11.5. The molecule has 0 unspecified atom stereocenters. The monoisotopic (exact) mass is 387 g/mol. The number of hydrogen-bond acceptors (Lipinski definition) is 3. The Kier molecular flexibility index (Phi) is 5.51. The number of anilines is 1. The molecule has 0 saturated carbocycles. The summed E-state index contributed by atoms with van der Waals surface area (Å²) in [6.07, 6.45) is 0. The second-order valence-electron chi connectivity index (χ2n) is 4.29. The van der Waals surface area contributed by atoms with Crippen LogP contribution < -0.4 is 5.32 Å². The first-order valence-electron chi connectivity index (χ1n) is 6.07. The minimum absolute atomic E-state index is 0.399. The number of rotatable bonds is 4. The summed E-state index contributed by atoms with van der Waals surface area (Å²) in [7, 11) is 1.34. The first kappa shape index (κ1) is 16.1. The summed E-state index contributed by atoms with van der Waals surface area (Å²) in [6, 6.07) is 10.6. The third-order valence-electron chi connectivity index (χ3n) is 2.85. The van der Waals surface area contributed by atoms with Crippen LogP contribution in [-0.2, 0) is 11.3 Å². The Balaban J connectivity index is 2.15. The molecule has 0 amide bonds. The van der Waals surface area contributed by atoms with Crippen molar-refractivity contribution >= 4 is 50.8 Å². The first-order valence-corrected chi connectivity index (χ1v) is 7.62. The van der Waals surface area contributed by atoms with Gasteiger partial charge in [-0.15, -0.1) is 0 Å². The van der Waals surface area contributed by atoms with Gasteiger partial charge in [-0.05, 0) is 51.8 Å². The van der Waals surface area contributed by atoms with Gasteiger partial charge in [0.15, 0.2) is 0 Å². The van der Waals surface area contributed by atoms with Gasteiger partial charge in [0, 0.05) is 11.0 Å². The van der Waals surface area contributed by atoms with Crippen molar-refractivity contribution in [2.45, 2.75) is 6.54 Å². The molecule has 0 spiro atoms. The normalized spacial score (nSPS) is 10.3. The molecule has 2 aromatic rings. The van der Waals surface area contributed by atoms with Gasteiger partial charge >= 0.3 is 5.97 Å². The highest BCUT2D eigenvalue weighted by molar-refractivity contribution is 9.10. The molecule has 3 nitrogen and oxygen atoms in total. The molecule has 2 aromatic carbocycles. The van der Waals surface area contributed by atoms with Gasteiger partial charge in [-0.1, -0.05) is 29.3 Å².